The molecule has 2 aliphatic carbocycles. The van der Waals surface area contributed by atoms with Gasteiger partial charge in [0.2, 0.25) is 0 Å². The van der Waals surface area contributed by atoms with Crippen LogP contribution in [0.3, 0.4) is 0 Å². The van der Waals surface area contributed by atoms with Gasteiger partial charge in [0.15, 0.2) is 0 Å². The maximum Gasteiger partial charge on any atom is 0.307 e. The number of nitrogens with zero attached hydrogens (tertiary/aromatic N) is 4. The number of amides is 1. The molecule has 0 N–H and O–H groups in total. The van der Waals surface area contributed by atoms with Crippen LogP contribution in [0.25, 0.3) is 11.4 Å². The summed E-state index contributed by atoms with van der Waals surface area (Å²) in [6, 6.07) is 11.8. The molecule has 5 nitrogen and oxygen atoms in total. The van der Waals surface area contributed by atoms with Crippen molar-refractivity contribution < 1.29 is 4.79 Å². The zero-order valence-electron chi connectivity index (χ0n) is 17.6. The number of rotatable bonds is 6. The summed E-state index contributed by atoms with van der Waals surface area (Å²) in [6.45, 7) is 0.789. The Morgan fingerprint density at radius 3 is 2.17 bits per heavy atom. The van der Waals surface area contributed by atoms with E-state index in [1.807, 2.05) is 12.3 Å². The second-order valence-electron chi connectivity index (χ2n) is 9.10. The summed E-state index contributed by atoms with van der Waals surface area (Å²) in [7, 11) is 0. The first-order valence-electron chi connectivity index (χ1n) is 11.5. The van der Waals surface area contributed by atoms with E-state index in [-0.39, 0.29) is 0 Å². The number of imidazole rings is 1. The van der Waals surface area contributed by atoms with Gasteiger partial charge in [-0.1, -0.05) is 18.6 Å². The lowest BCUT2D eigenvalue weighted by molar-refractivity contribution is -0.122. The topological polar surface area (TPSA) is 47.8 Å². The zero-order valence-corrected chi connectivity index (χ0v) is 17.6. The van der Waals surface area contributed by atoms with Crippen LogP contribution < -0.4 is 4.48 Å². The number of quaternary nitrogens is 1. The molecule has 156 valence electrons. The molecule has 1 unspecified atom stereocenters. The minimum atomic E-state index is 0.442. The summed E-state index contributed by atoms with van der Waals surface area (Å²) in [5, 5.41) is 0. The molecule has 2 saturated carbocycles. The molecule has 0 radical (unpaired) electrons. The van der Waals surface area contributed by atoms with E-state index in [2.05, 4.69) is 45.0 Å². The van der Waals surface area contributed by atoms with Gasteiger partial charge in [-0.05, 0) is 49.4 Å². The Bertz CT molecular complexity index is 953. The molecular formula is C25H31N4O+. The lowest BCUT2D eigenvalue weighted by Gasteiger charge is -2.45. The van der Waals surface area contributed by atoms with Crippen molar-refractivity contribution in [3.63, 3.8) is 0 Å². The van der Waals surface area contributed by atoms with Gasteiger partial charge in [0, 0.05) is 44.6 Å². The molecule has 1 atom stereocenters. The van der Waals surface area contributed by atoms with Gasteiger partial charge in [0.05, 0.1) is 5.69 Å². The van der Waals surface area contributed by atoms with Crippen LogP contribution in [0, 0.1) is 0 Å². The first-order chi connectivity index (χ1) is 14.8. The Kier molecular flexibility index (Phi) is 5.38. The third kappa shape index (κ3) is 3.45. The second kappa shape index (κ2) is 8.31. The van der Waals surface area contributed by atoms with E-state index in [1.165, 1.54) is 75.4 Å². The van der Waals surface area contributed by atoms with Crippen molar-refractivity contribution in [2.24, 2.45) is 0 Å². The number of pyridine rings is 1. The fraction of sp³-hybridized carbons (Fsp3) is 0.480. The van der Waals surface area contributed by atoms with Crippen molar-refractivity contribution in [3.8, 4) is 11.4 Å². The summed E-state index contributed by atoms with van der Waals surface area (Å²) in [5.74, 6) is 0. The number of hydrogen-bond donors (Lipinski definition) is 0. The molecule has 0 saturated heterocycles. The molecule has 2 heterocycles. The molecular weight excluding hydrogens is 372 g/mol. The molecule has 1 aromatic rings. The quantitative estimate of drug-likeness (QED) is 0.421. The third-order valence-electron chi connectivity index (χ3n) is 7.40. The Balaban J connectivity index is 1.43. The first kappa shape index (κ1) is 19.4. The van der Waals surface area contributed by atoms with Crippen LogP contribution in [-0.2, 0) is 11.3 Å². The van der Waals surface area contributed by atoms with Crippen molar-refractivity contribution in [3.05, 3.63) is 54.6 Å². The molecule has 5 rings (SSSR count). The molecule has 0 spiro atoms. The maximum absolute atomic E-state index is 12.7. The highest BCUT2D eigenvalue weighted by molar-refractivity contribution is 5.71. The number of carbonyl (C=O) groups is 1. The molecule has 1 amide bonds. The Morgan fingerprint density at radius 2 is 1.50 bits per heavy atom. The third-order valence-corrected chi connectivity index (χ3v) is 7.40. The standard InChI is InChI=1S/C25H31N4O/c30-19-29(22-8-4-5-9-22,21-6-2-1-3-7-21)23-12-10-20(11-13-23)16-28-15-14-24-25(17-28)27-18-26-24/h10-15,17-19,21-22H,1-9,16H2/q+1. The van der Waals surface area contributed by atoms with Crippen molar-refractivity contribution in [2.75, 3.05) is 0 Å². The maximum atomic E-state index is 12.7. The average molecular weight is 404 g/mol. The van der Waals surface area contributed by atoms with Gasteiger partial charge in [-0.3, -0.25) is 0 Å². The van der Waals surface area contributed by atoms with E-state index in [0.717, 1.165) is 17.9 Å². The molecule has 1 aromatic carbocycles. The number of fused-ring (bicyclic) bond motifs is 1. The molecule has 30 heavy (non-hydrogen) atoms. The van der Waals surface area contributed by atoms with Crippen LogP contribution in [0.5, 0.6) is 0 Å². The summed E-state index contributed by atoms with van der Waals surface area (Å²) in [4.78, 5) is 21.3. The molecule has 0 bridgehead atoms. The van der Waals surface area contributed by atoms with Crippen LogP contribution in [0.1, 0.15) is 63.4 Å². The van der Waals surface area contributed by atoms with Gasteiger partial charge in [0.1, 0.15) is 29.8 Å². The number of aromatic nitrogens is 3. The smallest absolute Gasteiger partial charge is 0.307 e. The predicted octanol–water partition coefficient (Wildman–Crippen LogP) is 5.17. The number of hydrogen-bond acceptors (Lipinski definition) is 3. The van der Waals surface area contributed by atoms with Crippen LogP contribution in [0.4, 0.5) is 5.69 Å². The summed E-state index contributed by atoms with van der Waals surface area (Å²) < 4.78 is 2.70. The van der Waals surface area contributed by atoms with Crippen molar-refractivity contribution in [1.82, 2.24) is 19.0 Å². The predicted molar refractivity (Wildman–Crippen MR) is 119 cm³/mol. The second-order valence-corrected chi connectivity index (χ2v) is 9.10. The molecule has 5 heteroatoms. The van der Waals surface area contributed by atoms with Crippen LogP contribution in [0.2, 0.25) is 0 Å². The average Bonchev–Trinajstić information content (AvgIpc) is 3.49. The molecule has 4 aliphatic rings. The van der Waals surface area contributed by atoms with Gasteiger partial charge in [-0.2, -0.15) is 0 Å². The monoisotopic (exact) mass is 403 g/mol. The fourth-order valence-corrected chi connectivity index (χ4v) is 5.84. The number of benzene rings is 1. The van der Waals surface area contributed by atoms with Crippen molar-refractivity contribution >= 4 is 12.1 Å². The number of carbonyl (C=O) groups excluding carboxylic acids is 1. The van der Waals surface area contributed by atoms with Crippen LogP contribution in [0.15, 0.2) is 49.1 Å². The SMILES string of the molecule is O=C[N+](c1ccc(Cn2ccc3ncnc-3c2)cc1)(C1CCCCC1)C1CCCC1. The Labute approximate surface area is 178 Å². The Morgan fingerprint density at radius 1 is 0.867 bits per heavy atom. The van der Waals surface area contributed by atoms with Gasteiger partial charge in [-0.25, -0.2) is 19.2 Å². The fourth-order valence-electron chi connectivity index (χ4n) is 5.84. The van der Waals surface area contributed by atoms with Gasteiger partial charge in [-0.15, -0.1) is 0 Å². The van der Waals surface area contributed by atoms with Crippen molar-refractivity contribution in [2.45, 2.75) is 76.4 Å². The molecule has 0 aromatic heterocycles. The zero-order chi connectivity index (χ0) is 20.4. The molecule has 2 aliphatic heterocycles. The Hall–Kier alpha value is -2.53. The highest BCUT2D eigenvalue weighted by Gasteiger charge is 2.47. The van der Waals surface area contributed by atoms with Gasteiger partial charge in [0.25, 0.3) is 0 Å². The minimum Gasteiger partial charge on any atom is -0.348 e. The van der Waals surface area contributed by atoms with E-state index >= 15 is 0 Å². The summed E-state index contributed by atoms with van der Waals surface area (Å²) in [6.07, 6.45) is 18.0. The van der Waals surface area contributed by atoms with Gasteiger partial charge >= 0.3 is 6.41 Å². The molecule has 2 fully saturated rings. The van der Waals surface area contributed by atoms with E-state index in [9.17, 15) is 4.79 Å². The van der Waals surface area contributed by atoms with Crippen LogP contribution >= 0.6 is 0 Å². The highest BCUT2D eigenvalue weighted by Crippen LogP contribution is 2.40. The summed E-state index contributed by atoms with van der Waals surface area (Å²) >= 11 is 0. The lowest BCUT2D eigenvalue weighted by Crippen LogP contribution is -2.62. The lowest BCUT2D eigenvalue weighted by atomic mass is 9.89. The van der Waals surface area contributed by atoms with Crippen LogP contribution in [-0.4, -0.2) is 33.0 Å². The normalized spacial score (nSPS) is 20.4. The highest BCUT2D eigenvalue weighted by atomic mass is 16.1. The first-order valence-corrected chi connectivity index (χ1v) is 11.5. The van der Waals surface area contributed by atoms with E-state index in [4.69, 9.17) is 0 Å². The largest absolute Gasteiger partial charge is 0.348 e. The summed E-state index contributed by atoms with van der Waals surface area (Å²) in [5.41, 5.74) is 4.28. The van der Waals surface area contributed by atoms with Crippen molar-refractivity contribution in [1.29, 1.82) is 0 Å². The van der Waals surface area contributed by atoms with E-state index in [1.54, 1.807) is 6.33 Å². The van der Waals surface area contributed by atoms with Gasteiger partial charge < -0.3 is 4.57 Å². The van der Waals surface area contributed by atoms with E-state index < -0.39 is 0 Å². The minimum absolute atomic E-state index is 0.442. The van der Waals surface area contributed by atoms with E-state index in [0.29, 0.717) is 16.6 Å².